The van der Waals surface area contributed by atoms with Crippen molar-refractivity contribution in [1.82, 2.24) is 4.90 Å². The molecule has 1 saturated heterocycles. The number of nitrogens with zero attached hydrogens (tertiary/aromatic N) is 1. The molecule has 0 spiro atoms. The van der Waals surface area contributed by atoms with E-state index in [1.807, 2.05) is 13.8 Å². The average Bonchev–Trinajstić information content (AvgIpc) is 2.29. The molecule has 1 aliphatic heterocycles. The van der Waals surface area contributed by atoms with Crippen LogP contribution in [0.3, 0.4) is 0 Å². The smallest absolute Gasteiger partial charge is 0.309 e. The standard InChI is InChI=1S/C12H23NO3/c1-8-5-6-13(7-11(8)14)10(3)9(2)12(15)16-4/h8-11,14H,5-7H2,1-4H3. The molecule has 0 aromatic rings. The van der Waals surface area contributed by atoms with E-state index in [0.29, 0.717) is 12.5 Å². The summed E-state index contributed by atoms with van der Waals surface area (Å²) in [5.41, 5.74) is 0. The Morgan fingerprint density at radius 3 is 2.62 bits per heavy atom. The minimum Gasteiger partial charge on any atom is -0.469 e. The fourth-order valence-electron chi connectivity index (χ4n) is 2.14. The van der Waals surface area contributed by atoms with Crippen LogP contribution in [0.1, 0.15) is 27.2 Å². The van der Waals surface area contributed by atoms with Crippen molar-refractivity contribution in [3.05, 3.63) is 0 Å². The zero-order valence-electron chi connectivity index (χ0n) is 10.6. The van der Waals surface area contributed by atoms with Gasteiger partial charge in [-0.25, -0.2) is 0 Å². The van der Waals surface area contributed by atoms with E-state index in [-0.39, 0.29) is 24.0 Å². The summed E-state index contributed by atoms with van der Waals surface area (Å²) in [6, 6.07) is 0.120. The molecular formula is C12H23NO3. The van der Waals surface area contributed by atoms with Crippen molar-refractivity contribution in [2.24, 2.45) is 11.8 Å². The Hall–Kier alpha value is -0.610. The molecular weight excluding hydrogens is 206 g/mol. The molecule has 1 rings (SSSR count). The van der Waals surface area contributed by atoms with Gasteiger partial charge in [-0.1, -0.05) is 13.8 Å². The zero-order valence-corrected chi connectivity index (χ0v) is 10.6. The second kappa shape index (κ2) is 5.64. The van der Waals surface area contributed by atoms with Gasteiger partial charge < -0.3 is 9.84 Å². The monoisotopic (exact) mass is 229 g/mol. The number of hydrogen-bond donors (Lipinski definition) is 1. The number of methoxy groups -OCH3 is 1. The van der Waals surface area contributed by atoms with Crippen LogP contribution < -0.4 is 0 Å². The number of ether oxygens (including phenoxy) is 1. The molecule has 4 nitrogen and oxygen atoms in total. The van der Waals surface area contributed by atoms with Crippen molar-refractivity contribution in [2.45, 2.75) is 39.3 Å². The maximum absolute atomic E-state index is 11.4. The topological polar surface area (TPSA) is 49.8 Å². The Labute approximate surface area is 97.6 Å². The molecule has 0 bridgehead atoms. The highest BCUT2D eigenvalue weighted by Crippen LogP contribution is 2.22. The number of likely N-dealkylation sites (tertiary alicyclic amines) is 1. The van der Waals surface area contributed by atoms with E-state index in [0.717, 1.165) is 13.0 Å². The number of carbonyl (C=O) groups is 1. The number of piperidine rings is 1. The van der Waals surface area contributed by atoms with Crippen LogP contribution >= 0.6 is 0 Å². The number of aliphatic hydroxyl groups is 1. The van der Waals surface area contributed by atoms with Crippen molar-refractivity contribution >= 4 is 5.97 Å². The predicted molar refractivity (Wildman–Crippen MR) is 62.0 cm³/mol. The molecule has 16 heavy (non-hydrogen) atoms. The van der Waals surface area contributed by atoms with Gasteiger partial charge in [0.1, 0.15) is 0 Å². The molecule has 4 heteroatoms. The van der Waals surface area contributed by atoms with E-state index in [9.17, 15) is 9.90 Å². The third-order valence-electron chi connectivity index (χ3n) is 3.82. The molecule has 4 atom stereocenters. The third-order valence-corrected chi connectivity index (χ3v) is 3.82. The number of esters is 1. The Morgan fingerprint density at radius 1 is 1.50 bits per heavy atom. The van der Waals surface area contributed by atoms with Crippen LogP contribution in [-0.2, 0) is 9.53 Å². The van der Waals surface area contributed by atoms with E-state index < -0.39 is 0 Å². The van der Waals surface area contributed by atoms with Crippen LogP contribution in [0.25, 0.3) is 0 Å². The largest absolute Gasteiger partial charge is 0.469 e. The lowest BCUT2D eigenvalue weighted by Crippen LogP contribution is -2.50. The minimum atomic E-state index is -0.277. The molecule has 0 aromatic carbocycles. The summed E-state index contributed by atoms with van der Waals surface area (Å²) in [7, 11) is 1.42. The first-order chi connectivity index (χ1) is 7.47. The van der Waals surface area contributed by atoms with E-state index in [1.54, 1.807) is 0 Å². The molecule has 0 amide bonds. The van der Waals surface area contributed by atoms with Crippen LogP contribution in [0, 0.1) is 11.8 Å². The van der Waals surface area contributed by atoms with Gasteiger partial charge in [0.2, 0.25) is 0 Å². The van der Waals surface area contributed by atoms with Gasteiger partial charge in [0.25, 0.3) is 0 Å². The van der Waals surface area contributed by atoms with Gasteiger partial charge in [-0.05, 0) is 25.8 Å². The van der Waals surface area contributed by atoms with E-state index in [2.05, 4.69) is 11.8 Å². The molecule has 0 aliphatic carbocycles. The molecule has 0 aromatic heterocycles. The summed E-state index contributed by atoms with van der Waals surface area (Å²) < 4.78 is 4.74. The quantitative estimate of drug-likeness (QED) is 0.730. The average molecular weight is 229 g/mol. The summed E-state index contributed by atoms with van der Waals surface area (Å²) in [6.45, 7) is 7.56. The van der Waals surface area contributed by atoms with Gasteiger partial charge in [0.05, 0.1) is 19.1 Å². The summed E-state index contributed by atoms with van der Waals surface area (Å²) in [5, 5.41) is 9.82. The maximum atomic E-state index is 11.4. The predicted octanol–water partition coefficient (Wildman–Crippen LogP) is 0.887. The normalized spacial score (nSPS) is 30.8. The minimum absolute atomic E-state index is 0.120. The van der Waals surface area contributed by atoms with Crippen molar-refractivity contribution < 1.29 is 14.6 Å². The highest BCUT2D eigenvalue weighted by molar-refractivity contribution is 5.72. The maximum Gasteiger partial charge on any atom is 0.309 e. The summed E-state index contributed by atoms with van der Waals surface area (Å²) in [6.07, 6.45) is 0.709. The molecule has 1 aliphatic rings. The van der Waals surface area contributed by atoms with Crippen molar-refractivity contribution in [3.63, 3.8) is 0 Å². The molecule has 1 N–H and O–H groups in total. The van der Waals surface area contributed by atoms with Crippen LogP contribution in [0.5, 0.6) is 0 Å². The summed E-state index contributed by atoms with van der Waals surface area (Å²) in [5.74, 6) is 0.0306. The number of rotatable bonds is 3. The van der Waals surface area contributed by atoms with Crippen LogP contribution in [0.15, 0.2) is 0 Å². The van der Waals surface area contributed by atoms with Crippen LogP contribution in [0.4, 0.5) is 0 Å². The number of carbonyl (C=O) groups excluding carboxylic acids is 1. The lowest BCUT2D eigenvalue weighted by Gasteiger charge is -2.39. The molecule has 4 unspecified atom stereocenters. The fraction of sp³-hybridized carbons (Fsp3) is 0.917. The third kappa shape index (κ3) is 2.95. The lowest BCUT2D eigenvalue weighted by atomic mass is 9.92. The molecule has 1 fully saturated rings. The van der Waals surface area contributed by atoms with Crippen molar-refractivity contribution in [2.75, 3.05) is 20.2 Å². The fourth-order valence-corrected chi connectivity index (χ4v) is 2.14. The van der Waals surface area contributed by atoms with Gasteiger partial charge in [-0.15, -0.1) is 0 Å². The summed E-state index contributed by atoms with van der Waals surface area (Å²) >= 11 is 0. The van der Waals surface area contributed by atoms with Crippen molar-refractivity contribution in [1.29, 1.82) is 0 Å². The highest BCUT2D eigenvalue weighted by Gasteiger charge is 2.31. The second-order valence-corrected chi connectivity index (χ2v) is 4.88. The summed E-state index contributed by atoms with van der Waals surface area (Å²) in [4.78, 5) is 13.6. The Kier molecular flexibility index (Phi) is 4.74. The lowest BCUT2D eigenvalue weighted by molar-refractivity contribution is -0.147. The first-order valence-corrected chi connectivity index (χ1v) is 5.97. The zero-order chi connectivity index (χ0) is 12.3. The van der Waals surface area contributed by atoms with Crippen LogP contribution in [-0.4, -0.2) is 48.3 Å². The van der Waals surface area contributed by atoms with Gasteiger partial charge in [-0.2, -0.15) is 0 Å². The van der Waals surface area contributed by atoms with Gasteiger partial charge >= 0.3 is 5.97 Å². The van der Waals surface area contributed by atoms with E-state index >= 15 is 0 Å². The van der Waals surface area contributed by atoms with E-state index in [4.69, 9.17) is 4.74 Å². The van der Waals surface area contributed by atoms with E-state index in [1.165, 1.54) is 7.11 Å². The number of hydrogen-bond acceptors (Lipinski definition) is 4. The Balaban J connectivity index is 2.54. The van der Waals surface area contributed by atoms with Gasteiger partial charge in [-0.3, -0.25) is 9.69 Å². The van der Waals surface area contributed by atoms with Gasteiger partial charge in [0.15, 0.2) is 0 Å². The van der Waals surface area contributed by atoms with Gasteiger partial charge in [0, 0.05) is 12.6 Å². The first kappa shape index (κ1) is 13.5. The van der Waals surface area contributed by atoms with Crippen molar-refractivity contribution in [3.8, 4) is 0 Å². The Bertz CT molecular complexity index is 244. The molecule has 94 valence electrons. The molecule has 1 heterocycles. The Morgan fingerprint density at radius 2 is 2.12 bits per heavy atom. The van der Waals surface area contributed by atoms with Crippen LogP contribution in [0.2, 0.25) is 0 Å². The highest BCUT2D eigenvalue weighted by atomic mass is 16.5. The SMILES string of the molecule is COC(=O)C(C)C(C)N1CCC(C)C(O)C1. The molecule has 0 radical (unpaired) electrons. The number of β-amino-alcohol motifs (C(OH)–C–C–N with tert-alkyl or cyclic N) is 1. The number of aliphatic hydroxyl groups excluding tert-OH is 1. The second-order valence-electron chi connectivity index (χ2n) is 4.88. The molecule has 0 saturated carbocycles. The first-order valence-electron chi connectivity index (χ1n) is 5.97.